The molecule has 2 atom stereocenters. The fourth-order valence-electron chi connectivity index (χ4n) is 5.40. The van der Waals surface area contributed by atoms with Crippen LogP contribution in [0.4, 0.5) is 0 Å². The van der Waals surface area contributed by atoms with E-state index in [2.05, 4.69) is 42.4 Å². The van der Waals surface area contributed by atoms with E-state index in [1.807, 2.05) is 0 Å². The molecule has 3 rings (SSSR count). The van der Waals surface area contributed by atoms with E-state index in [9.17, 15) is 9.59 Å². The Bertz CT molecular complexity index is 540. The predicted octanol–water partition coefficient (Wildman–Crippen LogP) is 3.14. The molecule has 1 aliphatic carbocycles. The van der Waals surface area contributed by atoms with Gasteiger partial charge in [0.15, 0.2) is 0 Å². The van der Waals surface area contributed by atoms with Crippen LogP contribution >= 0.6 is 0 Å². The van der Waals surface area contributed by atoms with Crippen molar-refractivity contribution in [3.63, 3.8) is 0 Å². The summed E-state index contributed by atoms with van der Waals surface area (Å²) in [6.45, 7) is 13.3. The lowest BCUT2D eigenvalue weighted by molar-refractivity contribution is -0.163. The van der Waals surface area contributed by atoms with Crippen molar-refractivity contribution >= 4 is 11.8 Å². The molecule has 2 saturated heterocycles. The lowest BCUT2D eigenvalue weighted by atomic mass is 9.64. The SMILES string of the molecule is CC(C)CCN1C(=O)CC[C@]2(C(=O)N3CCN(C(C)C)CC3)CCCC[C@@H]12. The first kappa shape index (κ1) is 20.6. The molecule has 5 nitrogen and oxygen atoms in total. The van der Waals surface area contributed by atoms with E-state index in [0.29, 0.717) is 24.3 Å². The molecule has 0 N–H and O–H groups in total. The van der Waals surface area contributed by atoms with Crippen LogP contribution < -0.4 is 0 Å². The Morgan fingerprint density at radius 1 is 1.07 bits per heavy atom. The molecule has 0 spiro atoms. The first-order valence-corrected chi connectivity index (χ1v) is 11.2. The summed E-state index contributed by atoms with van der Waals surface area (Å²) in [6.07, 6.45) is 6.57. The van der Waals surface area contributed by atoms with Crippen LogP contribution in [0, 0.1) is 11.3 Å². The van der Waals surface area contributed by atoms with Crippen molar-refractivity contribution in [2.24, 2.45) is 11.3 Å². The number of piperazine rings is 1. The molecule has 27 heavy (non-hydrogen) atoms. The highest BCUT2D eigenvalue weighted by Crippen LogP contribution is 2.47. The number of carbonyl (C=O) groups is 2. The van der Waals surface area contributed by atoms with Gasteiger partial charge >= 0.3 is 0 Å². The van der Waals surface area contributed by atoms with Crippen LogP contribution in [0.3, 0.4) is 0 Å². The number of fused-ring (bicyclic) bond motifs is 1. The van der Waals surface area contributed by atoms with E-state index < -0.39 is 0 Å². The predicted molar refractivity (Wildman–Crippen MR) is 108 cm³/mol. The number of rotatable bonds is 5. The molecule has 154 valence electrons. The fourth-order valence-corrected chi connectivity index (χ4v) is 5.40. The first-order valence-electron chi connectivity index (χ1n) is 11.2. The van der Waals surface area contributed by atoms with Crippen LogP contribution in [-0.4, -0.2) is 71.3 Å². The Kier molecular flexibility index (Phi) is 6.50. The summed E-state index contributed by atoms with van der Waals surface area (Å²) in [5.41, 5.74) is -0.316. The molecule has 3 fully saturated rings. The number of nitrogens with zero attached hydrogens (tertiary/aromatic N) is 3. The highest BCUT2D eigenvalue weighted by atomic mass is 16.2. The Labute approximate surface area is 165 Å². The number of hydrogen-bond donors (Lipinski definition) is 0. The van der Waals surface area contributed by atoms with E-state index in [-0.39, 0.29) is 17.4 Å². The molecular weight excluding hydrogens is 338 g/mol. The molecule has 3 aliphatic rings. The zero-order chi connectivity index (χ0) is 19.6. The van der Waals surface area contributed by atoms with E-state index in [1.165, 1.54) is 0 Å². The third-order valence-corrected chi connectivity index (χ3v) is 7.17. The van der Waals surface area contributed by atoms with Gasteiger partial charge in [-0.3, -0.25) is 14.5 Å². The summed E-state index contributed by atoms with van der Waals surface area (Å²) in [7, 11) is 0. The molecular formula is C22H39N3O2. The maximum Gasteiger partial charge on any atom is 0.230 e. The van der Waals surface area contributed by atoms with Crippen LogP contribution in [-0.2, 0) is 9.59 Å². The first-order chi connectivity index (χ1) is 12.8. The zero-order valence-corrected chi connectivity index (χ0v) is 17.9. The summed E-state index contributed by atoms with van der Waals surface area (Å²) in [5.74, 6) is 1.20. The Balaban J connectivity index is 1.76. The zero-order valence-electron chi connectivity index (χ0n) is 17.9. The topological polar surface area (TPSA) is 43.9 Å². The maximum atomic E-state index is 13.7. The van der Waals surface area contributed by atoms with Crippen molar-refractivity contribution in [2.75, 3.05) is 32.7 Å². The van der Waals surface area contributed by atoms with E-state index in [0.717, 1.165) is 71.2 Å². The average Bonchev–Trinajstić information content (AvgIpc) is 2.66. The minimum absolute atomic E-state index is 0.127. The molecule has 0 radical (unpaired) electrons. The number of likely N-dealkylation sites (tertiary alicyclic amines) is 1. The van der Waals surface area contributed by atoms with Gasteiger partial charge in [0, 0.05) is 51.2 Å². The van der Waals surface area contributed by atoms with Gasteiger partial charge in [-0.15, -0.1) is 0 Å². The van der Waals surface area contributed by atoms with Gasteiger partial charge in [-0.1, -0.05) is 26.7 Å². The Morgan fingerprint density at radius 3 is 2.41 bits per heavy atom. The smallest absolute Gasteiger partial charge is 0.230 e. The van der Waals surface area contributed by atoms with Gasteiger partial charge in [-0.2, -0.15) is 0 Å². The molecule has 0 aromatic rings. The fraction of sp³-hybridized carbons (Fsp3) is 0.909. The van der Waals surface area contributed by atoms with Gasteiger partial charge < -0.3 is 9.80 Å². The third-order valence-electron chi connectivity index (χ3n) is 7.17. The normalized spacial score (nSPS) is 30.1. The third kappa shape index (κ3) is 4.18. The van der Waals surface area contributed by atoms with E-state index in [4.69, 9.17) is 0 Å². The van der Waals surface area contributed by atoms with Crippen molar-refractivity contribution in [1.82, 2.24) is 14.7 Å². The number of carbonyl (C=O) groups excluding carboxylic acids is 2. The standard InChI is InChI=1S/C22H39N3O2/c1-17(2)9-12-25-19-7-5-6-10-22(19,11-8-20(25)26)21(27)24-15-13-23(14-16-24)18(3)4/h17-19H,5-16H2,1-4H3/t19-,22-/m1/s1. The van der Waals surface area contributed by atoms with Crippen molar-refractivity contribution in [1.29, 1.82) is 0 Å². The number of piperidine rings is 1. The largest absolute Gasteiger partial charge is 0.340 e. The van der Waals surface area contributed by atoms with Gasteiger partial charge in [0.05, 0.1) is 5.41 Å². The minimum atomic E-state index is -0.316. The van der Waals surface area contributed by atoms with Crippen molar-refractivity contribution in [3.8, 4) is 0 Å². The number of amides is 2. The van der Waals surface area contributed by atoms with Crippen molar-refractivity contribution in [3.05, 3.63) is 0 Å². The molecule has 0 aromatic heterocycles. The van der Waals surface area contributed by atoms with Crippen LogP contribution in [0.1, 0.15) is 72.6 Å². The molecule has 2 aliphatic heterocycles. The van der Waals surface area contributed by atoms with Crippen molar-refractivity contribution < 1.29 is 9.59 Å². The van der Waals surface area contributed by atoms with Gasteiger partial charge in [0.25, 0.3) is 0 Å². The molecule has 0 aromatic carbocycles. The molecule has 2 heterocycles. The van der Waals surface area contributed by atoms with Crippen LogP contribution in [0.2, 0.25) is 0 Å². The lowest BCUT2D eigenvalue weighted by Crippen LogP contribution is -2.64. The van der Waals surface area contributed by atoms with E-state index in [1.54, 1.807) is 0 Å². The van der Waals surface area contributed by atoms with Crippen LogP contribution in [0.25, 0.3) is 0 Å². The Morgan fingerprint density at radius 2 is 1.78 bits per heavy atom. The Hall–Kier alpha value is -1.10. The summed E-state index contributed by atoms with van der Waals surface area (Å²) in [5, 5.41) is 0. The van der Waals surface area contributed by atoms with Gasteiger partial charge in [-0.25, -0.2) is 0 Å². The molecule has 2 amide bonds. The van der Waals surface area contributed by atoms with Gasteiger partial charge in [0.1, 0.15) is 0 Å². The van der Waals surface area contributed by atoms with E-state index >= 15 is 0 Å². The summed E-state index contributed by atoms with van der Waals surface area (Å²) < 4.78 is 0. The summed E-state index contributed by atoms with van der Waals surface area (Å²) >= 11 is 0. The monoisotopic (exact) mass is 377 g/mol. The average molecular weight is 378 g/mol. The second kappa shape index (κ2) is 8.50. The molecule has 1 saturated carbocycles. The van der Waals surface area contributed by atoms with Crippen LogP contribution in [0.15, 0.2) is 0 Å². The van der Waals surface area contributed by atoms with Gasteiger partial charge in [0.2, 0.25) is 11.8 Å². The minimum Gasteiger partial charge on any atom is -0.340 e. The van der Waals surface area contributed by atoms with Crippen molar-refractivity contribution in [2.45, 2.75) is 84.7 Å². The van der Waals surface area contributed by atoms with Gasteiger partial charge in [-0.05, 0) is 45.4 Å². The maximum absolute atomic E-state index is 13.7. The summed E-state index contributed by atoms with van der Waals surface area (Å²) in [6, 6.07) is 0.670. The lowest BCUT2D eigenvalue weighted by Gasteiger charge is -2.53. The highest BCUT2D eigenvalue weighted by molar-refractivity contribution is 5.88. The second-order valence-electron chi connectivity index (χ2n) is 9.61. The highest BCUT2D eigenvalue weighted by Gasteiger charge is 2.54. The van der Waals surface area contributed by atoms with Crippen LogP contribution in [0.5, 0.6) is 0 Å². The molecule has 0 bridgehead atoms. The quantitative estimate of drug-likeness (QED) is 0.739. The summed E-state index contributed by atoms with van der Waals surface area (Å²) in [4.78, 5) is 33.1. The number of hydrogen-bond acceptors (Lipinski definition) is 3. The molecule has 0 unspecified atom stereocenters. The molecule has 5 heteroatoms. The second-order valence-corrected chi connectivity index (χ2v) is 9.61.